The zero-order valence-corrected chi connectivity index (χ0v) is 27.5. The number of hydrogen-bond donors (Lipinski definition) is 3. The SMILES string of the molecule is Cc1cncc(N(C)C[C@@H](O)[C@H](Cc2ccccc2)NC(=O)c2cc(C(=O)N[C@H](C)c3ccccc3)cc(N(C)S(C)(=O)=O)c2)c1. The second-order valence-corrected chi connectivity index (χ2v) is 13.6. The number of sulfonamides is 1. The molecule has 4 rings (SSSR count). The predicted molar refractivity (Wildman–Crippen MR) is 182 cm³/mol. The molecule has 0 saturated heterocycles. The minimum Gasteiger partial charge on any atom is -0.389 e. The van der Waals surface area contributed by atoms with Crippen molar-refractivity contribution in [3.63, 3.8) is 0 Å². The highest BCUT2D eigenvalue weighted by Gasteiger charge is 2.26. The molecule has 0 aliphatic carbocycles. The molecule has 0 saturated carbocycles. The first kappa shape index (κ1) is 34.1. The molecule has 3 N–H and O–H groups in total. The smallest absolute Gasteiger partial charge is 0.251 e. The highest BCUT2D eigenvalue weighted by Crippen LogP contribution is 2.23. The molecule has 3 aromatic carbocycles. The Labute approximate surface area is 271 Å². The van der Waals surface area contributed by atoms with Crippen molar-refractivity contribution >= 4 is 33.2 Å². The van der Waals surface area contributed by atoms with Crippen LogP contribution in [0.15, 0.2) is 97.3 Å². The number of nitrogens with zero attached hydrogens (tertiary/aromatic N) is 3. The van der Waals surface area contributed by atoms with Gasteiger partial charge >= 0.3 is 0 Å². The number of carbonyl (C=O) groups excluding carboxylic acids is 2. The Morgan fingerprint density at radius 2 is 1.43 bits per heavy atom. The van der Waals surface area contributed by atoms with Crippen molar-refractivity contribution in [2.24, 2.45) is 0 Å². The maximum Gasteiger partial charge on any atom is 0.251 e. The largest absolute Gasteiger partial charge is 0.389 e. The van der Waals surface area contributed by atoms with Gasteiger partial charge in [-0.1, -0.05) is 60.7 Å². The molecule has 0 radical (unpaired) electrons. The molecule has 3 atom stereocenters. The van der Waals surface area contributed by atoms with Gasteiger partial charge in [0.1, 0.15) is 0 Å². The van der Waals surface area contributed by atoms with E-state index in [4.69, 9.17) is 0 Å². The van der Waals surface area contributed by atoms with Crippen LogP contribution in [0.5, 0.6) is 0 Å². The predicted octanol–water partition coefficient (Wildman–Crippen LogP) is 4.12. The Kier molecular flexibility index (Phi) is 11.2. The molecule has 0 aliphatic rings. The van der Waals surface area contributed by atoms with Crippen molar-refractivity contribution in [3.05, 3.63) is 125 Å². The van der Waals surface area contributed by atoms with Gasteiger partial charge < -0.3 is 20.6 Å². The van der Waals surface area contributed by atoms with E-state index in [-0.39, 0.29) is 29.4 Å². The second-order valence-electron chi connectivity index (χ2n) is 11.5. The fraction of sp³-hybridized carbons (Fsp3) is 0.286. The van der Waals surface area contributed by atoms with Crippen LogP contribution in [0.2, 0.25) is 0 Å². The summed E-state index contributed by atoms with van der Waals surface area (Å²) in [5.41, 5.74) is 3.94. The summed E-state index contributed by atoms with van der Waals surface area (Å²) in [6.45, 7) is 3.98. The van der Waals surface area contributed by atoms with E-state index in [1.165, 1.54) is 25.2 Å². The van der Waals surface area contributed by atoms with E-state index in [0.29, 0.717) is 6.42 Å². The molecule has 2 amide bonds. The first-order valence-electron chi connectivity index (χ1n) is 14.9. The summed E-state index contributed by atoms with van der Waals surface area (Å²) >= 11 is 0. The number of likely N-dealkylation sites (N-methyl/N-ethyl adjacent to an activating group) is 1. The van der Waals surface area contributed by atoms with Gasteiger partial charge in [0.2, 0.25) is 10.0 Å². The minimum atomic E-state index is -3.71. The van der Waals surface area contributed by atoms with Crippen molar-refractivity contribution in [1.82, 2.24) is 15.6 Å². The highest BCUT2D eigenvalue weighted by molar-refractivity contribution is 7.92. The van der Waals surface area contributed by atoms with Gasteiger partial charge in [-0.05, 0) is 61.2 Å². The van der Waals surface area contributed by atoms with Crippen LogP contribution in [0.25, 0.3) is 0 Å². The van der Waals surface area contributed by atoms with Gasteiger partial charge in [0, 0.05) is 38.0 Å². The molecule has 1 aromatic heterocycles. The average Bonchev–Trinajstić information content (AvgIpc) is 3.04. The molecule has 10 nitrogen and oxygen atoms in total. The summed E-state index contributed by atoms with van der Waals surface area (Å²) in [7, 11) is -0.508. The van der Waals surface area contributed by atoms with Crippen molar-refractivity contribution in [2.45, 2.75) is 38.5 Å². The van der Waals surface area contributed by atoms with Gasteiger partial charge in [-0.15, -0.1) is 0 Å². The van der Waals surface area contributed by atoms with Gasteiger partial charge in [0.05, 0.1) is 42.0 Å². The van der Waals surface area contributed by atoms with Crippen LogP contribution in [-0.2, 0) is 16.4 Å². The quantitative estimate of drug-likeness (QED) is 0.200. The number of pyridine rings is 1. The van der Waals surface area contributed by atoms with Crippen molar-refractivity contribution in [2.75, 3.05) is 36.1 Å². The van der Waals surface area contributed by atoms with Crippen LogP contribution in [0.4, 0.5) is 11.4 Å². The minimum absolute atomic E-state index is 0.0759. The standard InChI is InChI=1S/C35H41N5O5S/c1-24-16-31(22-36-21-24)39(3)23-33(41)32(17-26-12-8-6-9-13-26)38-35(43)29-18-28(19-30(20-29)40(4)46(5,44)45)34(42)37-25(2)27-14-10-7-11-15-27/h6-16,18-22,25,32-33,41H,17,23H2,1-5H3,(H,37,42)(H,38,43)/t25-,32+,33-/m1/s1. The van der Waals surface area contributed by atoms with Crippen molar-refractivity contribution in [3.8, 4) is 0 Å². The Morgan fingerprint density at radius 3 is 2.02 bits per heavy atom. The first-order valence-corrected chi connectivity index (χ1v) is 16.8. The number of carbonyl (C=O) groups is 2. The third kappa shape index (κ3) is 9.15. The maximum atomic E-state index is 13.8. The topological polar surface area (TPSA) is 132 Å². The van der Waals surface area contributed by atoms with Crippen LogP contribution in [0.3, 0.4) is 0 Å². The summed E-state index contributed by atoms with van der Waals surface area (Å²) in [4.78, 5) is 33.4. The number of benzene rings is 3. The number of aryl methyl sites for hydroxylation is 1. The molecule has 242 valence electrons. The van der Waals surface area contributed by atoms with Gasteiger partial charge in [-0.3, -0.25) is 18.9 Å². The number of rotatable bonds is 13. The van der Waals surface area contributed by atoms with E-state index in [9.17, 15) is 23.1 Å². The van der Waals surface area contributed by atoms with E-state index in [1.807, 2.05) is 92.5 Å². The number of hydrogen-bond acceptors (Lipinski definition) is 7. The van der Waals surface area contributed by atoms with Crippen LogP contribution >= 0.6 is 0 Å². The molecular weight excluding hydrogens is 602 g/mol. The molecule has 11 heteroatoms. The van der Waals surface area contributed by atoms with E-state index >= 15 is 0 Å². The molecule has 46 heavy (non-hydrogen) atoms. The lowest BCUT2D eigenvalue weighted by Crippen LogP contribution is -2.49. The lowest BCUT2D eigenvalue weighted by molar-refractivity contribution is 0.0843. The van der Waals surface area contributed by atoms with Crippen LogP contribution in [-0.4, -0.2) is 69.4 Å². The number of aliphatic hydroxyl groups is 1. The summed E-state index contributed by atoms with van der Waals surface area (Å²) < 4.78 is 25.9. The zero-order chi connectivity index (χ0) is 33.4. The van der Waals surface area contributed by atoms with Crippen LogP contribution in [0.1, 0.15) is 50.4 Å². The molecule has 1 heterocycles. The molecular formula is C35H41N5O5S. The Balaban J connectivity index is 1.64. The zero-order valence-electron chi connectivity index (χ0n) is 26.7. The average molecular weight is 644 g/mol. The number of anilines is 2. The van der Waals surface area contributed by atoms with Crippen LogP contribution < -0.4 is 19.8 Å². The monoisotopic (exact) mass is 643 g/mol. The second kappa shape index (κ2) is 15.0. The third-order valence-corrected chi connectivity index (χ3v) is 9.00. The Morgan fingerprint density at radius 1 is 0.848 bits per heavy atom. The summed E-state index contributed by atoms with van der Waals surface area (Å²) in [6, 6.07) is 24.1. The molecule has 4 aromatic rings. The maximum absolute atomic E-state index is 13.8. The van der Waals surface area contributed by atoms with E-state index in [0.717, 1.165) is 32.9 Å². The van der Waals surface area contributed by atoms with Crippen LogP contribution in [0, 0.1) is 6.92 Å². The lowest BCUT2D eigenvalue weighted by Gasteiger charge is -2.29. The fourth-order valence-electron chi connectivity index (χ4n) is 5.02. The summed E-state index contributed by atoms with van der Waals surface area (Å²) in [5.74, 6) is -1.03. The van der Waals surface area contributed by atoms with E-state index in [2.05, 4.69) is 15.6 Å². The third-order valence-electron chi connectivity index (χ3n) is 7.79. The first-order chi connectivity index (χ1) is 21.8. The summed E-state index contributed by atoms with van der Waals surface area (Å²) in [5, 5.41) is 17.3. The molecule has 0 spiro atoms. The summed E-state index contributed by atoms with van der Waals surface area (Å²) in [6.07, 6.45) is 3.84. The molecule has 0 unspecified atom stereocenters. The number of nitrogens with one attached hydrogen (secondary N) is 2. The van der Waals surface area contributed by atoms with E-state index in [1.54, 1.807) is 12.4 Å². The lowest BCUT2D eigenvalue weighted by atomic mass is 9.99. The van der Waals surface area contributed by atoms with Gasteiger partial charge in [0.25, 0.3) is 11.8 Å². The van der Waals surface area contributed by atoms with Crippen molar-refractivity contribution in [1.29, 1.82) is 0 Å². The normalized spacial score (nSPS) is 13.3. The Bertz CT molecular complexity index is 1750. The molecule has 0 fully saturated rings. The van der Waals surface area contributed by atoms with E-state index < -0.39 is 34.0 Å². The van der Waals surface area contributed by atoms with Gasteiger partial charge in [0.15, 0.2) is 0 Å². The molecule has 0 bridgehead atoms. The van der Waals surface area contributed by atoms with Gasteiger partial charge in [-0.2, -0.15) is 0 Å². The Hall–Kier alpha value is -4.74. The fourth-order valence-corrected chi connectivity index (χ4v) is 5.50. The highest BCUT2D eigenvalue weighted by atomic mass is 32.2. The molecule has 0 aliphatic heterocycles. The van der Waals surface area contributed by atoms with Crippen molar-refractivity contribution < 1.29 is 23.1 Å². The van der Waals surface area contributed by atoms with Gasteiger partial charge in [-0.25, -0.2) is 8.42 Å². The number of aromatic nitrogens is 1. The number of aliphatic hydroxyl groups excluding tert-OH is 1. The number of amides is 2.